The fourth-order valence-electron chi connectivity index (χ4n) is 2.14. The van der Waals surface area contributed by atoms with Gasteiger partial charge in [-0.25, -0.2) is 4.79 Å². The third-order valence-electron chi connectivity index (χ3n) is 2.77. The van der Waals surface area contributed by atoms with E-state index in [4.69, 9.17) is 14.2 Å². The number of carboxylic acid groups (broad SMARTS) is 1. The molecule has 0 saturated heterocycles. The van der Waals surface area contributed by atoms with Crippen LogP contribution in [-0.4, -0.2) is 64.7 Å². The molecule has 0 aromatic carbocycles. The van der Waals surface area contributed by atoms with Gasteiger partial charge in [0.1, 0.15) is 6.10 Å². The Morgan fingerprint density at radius 3 is 2.00 bits per heavy atom. The van der Waals surface area contributed by atoms with E-state index < -0.39 is 18.1 Å². The second kappa shape index (κ2) is 9.30. The average Bonchev–Trinajstić information content (AvgIpc) is 2.36. The number of amides is 1. The third kappa shape index (κ3) is 4.45. The van der Waals surface area contributed by atoms with Crippen molar-refractivity contribution in [3.05, 3.63) is 0 Å². The van der Waals surface area contributed by atoms with E-state index in [0.29, 0.717) is 19.8 Å². The Hall–Kier alpha value is -0.633. The van der Waals surface area contributed by atoms with Gasteiger partial charge < -0.3 is 19.3 Å². The summed E-state index contributed by atoms with van der Waals surface area (Å²) < 4.78 is 17.1. The first-order valence-corrected chi connectivity index (χ1v) is 8.35. The molecule has 0 aliphatic heterocycles. The molecule has 114 valence electrons. The molecule has 0 aliphatic rings. The van der Waals surface area contributed by atoms with Crippen LogP contribution >= 0.6 is 0 Å². The van der Waals surface area contributed by atoms with Crippen LogP contribution in [0.4, 0.5) is 4.79 Å². The molecule has 7 heteroatoms. The number of nitrogens with zero attached hydrogens (tertiary/aromatic N) is 1. The topological polar surface area (TPSA) is 68.2 Å². The third-order valence-corrected chi connectivity index (χ3v) is 3.51. The smallest absolute Gasteiger partial charge is 0.411 e. The summed E-state index contributed by atoms with van der Waals surface area (Å²) in [4.78, 5) is 12.7. The van der Waals surface area contributed by atoms with Gasteiger partial charge in [0.15, 0.2) is 0 Å². The zero-order chi connectivity index (χ0) is 14.9. The molecule has 1 amide bonds. The summed E-state index contributed by atoms with van der Waals surface area (Å²) in [6.07, 6.45) is -1.47. The molecule has 0 fully saturated rings. The van der Waals surface area contributed by atoms with Gasteiger partial charge >= 0.3 is 6.09 Å². The first-order chi connectivity index (χ1) is 9.03. The summed E-state index contributed by atoms with van der Waals surface area (Å²) >= 11 is 0. The van der Waals surface area contributed by atoms with Crippen LogP contribution in [0, 0.1) is 0 Å². The van der Waals surface area contributed by atoms with Gasteiger partial charge in [-0.15, -0.1) is 0 Å². The van der Waals surface area contributed by atoms with E-state index in [0.717, 1.165) is 16.3 Å². The monoisotopic (exact) mass is 293 g/mol. The Labute approximate surface area is 118 Å². The first-order valence-electron chi connectivity index (χ1n) is 6.93. The van der Waals surface area contributed by atoms with E-state index >= 15 is 0 Å². The highest BCUT2D eigenvalue weighted by atomic mass is 28.1. The van der Waals surface area contributed by atoms with Gasteiger partial charge in [-0.1, -0.05) is 0 Å². The summed E-state index contributed by atoms with van der Waals surface area (Å²) in [6, 6.07) is 0.734. The van der Waals surface area contributed by atoms with Gasteiger partial charge in [0.25, 0.3) is 5.91 Å². The van der Waals surface area contributed by atoms with Crippen molar-refractivity contribution in [2.75, 3.05) is 26.4 Å². The first kappa shape index (κ1) is 18.4. The van der Waals surface area contributed by atoms with Crippen LogP contribution in [0.1, 0.15) is 27.7 Å². The Kier molecular flexibility index (Phi) is 8.99. The molecule has 19 heavy (non-hydrogen) atoms. The van der Waals surface area contributed by atoms with Gasteiger partial charge in [-0.2, -0.15) is 0 Å². The lowest BCUT2D eigenvalue weighted by Crippen LogP contribution is -2.62. The molecular weight excluding hydrogens is 266 g/mol. The van der Waals surface area contributed by atoms with Gasteiger partial charge in [-0.3, -0.25) is 4.90 Å². The highest BCUT2D eigenvalue weighted by Crippen LogP contribution is 2.28. The molecular formula is C12H27NO5Si. The predicted molar refractivity (Wildman–Crippen MR) is 76.5 cm³/mol. The van der Waals surface area contributed by atoms with Crippen LogP contribution in [0.5, 0.6) is 0 Å². The van der Waals surface area contributed by atoms with E-state index in [-0.39, 0.29) is 6.54 Å². The van der Waals surface area contributed by atoms with Crippen molar-refractivity contribution in [2.45, 2.75) is 45.8 Å². The van der Waals surface area contributed by atoms with Crippen LogP contribution < -0.4 is 0 Å². The fraction of sp³-hybridized carbons (Fsp3) is 0.917. The highest BCUT2D eigenvalue weighted by molar-refractivity contribution is 6.09. The minimum atomic E-state index is -1.35. The molecule has 0 aromatic heterocycles. The van der Waals surface area contributed by atoms with Crippen LogP contribution in [0.25, 0.3) is 0 Å². The molecule has 6 nitrogen and oxygen atoms in total. The summed E-state index contributed by atoms with van der Waals surface area (Å²) in [6.45, 7) is 8.76. The standard InChI is InChI=1S/C12H27NO5Si/c1-5-13(11(14)15)12(17-7-3,18-8-4)10(9-19)16-6-2/h10H,5-9H2,1-4,19H3,(H,14,15). The van der Waals surface area contributed by atoms with Crippen molar-refractivity contribution >= 4 is 16.3 Å². The van der Waals surface area contributed by atoms with Crippen LogP contribution in [0.15, 0.2) is 0 Å². The largest absolute Gasteiger partial charge is 0.465 e. The van der Waals surface area contributed by atoms with Gasteiger partial charge in [0, 0.05) is 36.6 Å². The second-order valence-corrected chi connectivity index (χ2v) is 4.69. The molecule has 1 N–H and O–H groups in total. The molecule has 0 rings (SSSR count). The Balaban J connectivity index is 5.53. The van der Waals surface area contributed by atoms with Crippen molar-refractivity contribution in [3.8, 4) is 0 Å². The van der Waals surface area contributed by atoms with E-state index in [9.17, 15) is 9.90 Å². The Morgan fingerprint density at radius 1 is 1.21 bits per heavy atom. The SMILES string of the molecule is CCOC(C[SiH3])C(OCC)(OCC)N(CC)C(=O)O. The minimum absolute atomic E-state index is 0.278. The second-order valence-electron chi connectivity index (χ2n) is 3.88. The zero-order valence-electron chi connectivity index (χ0n) is 12.6. The van der Waals surface area contributed by atoms with Crippen molar-refractivity contribution in [2.24, 2.45) is 0 Å². The van der Waals surface area contributed by atoms with Crippen molar-refractivity contribution < 1.29 is 24.1 Å². The normalized spacial score (nSPS) is 13.5. The lowest BCUT2D eigenvalue weighted by Gasteiger charge is -2.44. The van der Waals surface area contributed by atoms with Crippen LogP contribution in [-0.2, 0) is 14.2 Å². The number of hydrogen-bond donors (Lipinski definition) is 1. The number of ether oxygens (including phenoxy) is 3. The molecule has 0 radical (unpaired) electrons. The highest BCUT2D eigenvalue weighted by Gasteiger charge is 2.48. The van der Waals surface area contributed by atoms with Crippen molar-refractivity contribution in [1.82, 2.24) is 4.90 Å². The van der Waals surface area contributed by atoms with Gasteiger partial charge in [0.05, 0.1) is 0 Å². The van der Waals surface area contributed by atoms with E-state index in [2.05, 4.69) is 0 Å². The molecule has 1 atom stereocenters. The van der Waals surface area contributed by atoms with Crippen molar-refractivity contribution in [3.63, 3.8) is 0 Å². The Bertz CT molecular complexity index is 259. The lowest BCUT2D eigenvalue weighted by atomic mass is 10.2. The van der Waals surface area contributed by atoms with Crippen molar-refractivity contribution in [1.29, 1.82) is 0 Å². The molecule has 1 unspecified atom stereocenters. The molecule has 0 saturated carbocycles. The summed E-state index contributed by atoms with van der Waals surface area (Å²) in [7, 11) is 0.871. The summed E-state index contributed by atoms with van der Waals surface area (Å²) in [5, 5.41) is 9.40. The van der Waals surface area contributed by atoms with Gasteiger partial charge in [0.2, 0.25) is 0 Å². The van der Waals surface area contributed by atoms with Gasteiger partial charge in [-0.05, 0) is 33.7 Å². The Morgan fingerprint density at radius 2 is 1.74 bits per heavy atom. The molecule has 0 spiro atoms. The molecule has 0 aromatic rings. The maximum Gasteiger partial charge on any atom is 0.411 e. The average molecular weight is 293 g/mol. The molecule has 0 bridgehead atoms. The maximum absolute atomic E-state index is 11.5. The lowest BCUT2D eigenvalue weighted by molar-refractivity contribution is -0.344. The fourth-order valence-corrected chi connectivity index (χ4v) is 2.89. The number of likely N-dealkylation sites (N-methyl/N-ethyl adjacent to an activating group) is 1. The predicted octanol–water partition coefficient (Wildman–Crippen LogP) is 0.902. The van der Waals surface area contributed by atoms with Crippen LogP contribution in [0.2, 0.25) is 6.04 Å². The van der Waals surface area contributed by atoms with Crippen LogP contribution in [0.3, 0.4) is 0 Å². The number of rotatable bonds is 10. The maximum atomic E-state index is 11.5. The zero-order valence-corrected chi connectivity index (χ0v) is 14.6. The molecule has 0 heterocycles. The minimum Gasteiger partial charge on any atom is -0.465 e. The van der Waals surface area contributed by atoms with E-state index in [1.54, 1.807) is 6.92 Å². The van der Waals surface area contributed by atoms with E-state index in [1.165, 1.54) is 4.90 Å². The number of hydrogen-bond acceptors (Lipinski definition) is 4. The number of carbonyl (C=O) groups is 1. The summed E-state index contributed by atoms with van der Waals surface area (Å²) in [5.74, 6) is -1.35. The van der Waals surface area contributed by atoms with E-state index in [1.807, 2.05) is 20.8 Å². The molecule has 0 aliphatic carbocycles. The summed E-state index contributed by atoms with van der Waals surface area (Å²) in [5.41, 5.74) is 0. The quantitative estimate of drug-likeness (QED) is 0.479.